The zero-order valence-corrected chi connectivity index (χ0v) is 8.67. The molecule has 0 fully saturated rings. The number of ether oxygens (including phenoxy) is 1. The van der Waals surface area contributed by atoms with Crippen LogP contribution in [0.25, 0.3) is 0 Å². The lowest BCUT2D eigenvalue weighted by atomic mass is 10.1. The van der Waals surface area contributed by atoms with E-state index in [0.29, 0.717) is 19.4 Å². The van der Waals surface area contributed by atoms with Crippen LogP contribution in [-0.2, 0) is 9.53 Å². The number of hydrogen-bond acceptors (Lipinski definition) is 3. The van der Waals surface area contributed by atoms with Crippen molar-refractivity contribution in [1.82, 2.24) is 0 Å². The Balaban J connectivity index is 3.52. The van der Waals surface area contributed by atoms with E-state index in [-0.39, 0.29) is 17.6 Å². The monoisotopic (exact) mass is 188 g/mol. The molecule has 0 aliphatic rings. The van der Waals surface area contributed by atoms with E-state index in [0.717, 1.165) is 0 Å². The van der Waals surface area contributed by atoms with Crippen LogP contribution in [0.4, 0.5) is 0 Å². The first-order valence-corrected chi connectivity index (χ1v) is 4.50. The Bertz CT molecular complexity index is 163. The molecule has 13 heavy (non-hydrogen) atoms. The number of amides is 1. The molecule has 4 heteroatoms. The Morgan fingerprint density at radius 2 is 2.08 bits per heavy atom. The molecular weight excluding hydrogens is 168 g/mol. The Kier molecular flexibility index (Phi) is 4.95. The van der Waals surface area contributed by atoms with Crippen LogP contribution in [0.3, 0.4) is 0 Å². The van der Waals surface area contributed by atoms with Gasteiger partial charge in [0.2, 0.25) is 5.91 Å². The molecule has 0 aromatic heterocycles. The highest BCUT2D eigenvalue weighted by atomic mass is 16.5. The Morgan fingerprint density at radius 3 is 2.46 bits per heavy atom. The first kappa shape index (κ1) is 12.4. The molecule has 0 aliphatic heterocycles. The third kappa shape index (κ3) is 9.30. The molecule has 1 atom stereocenters. The summed E-state index contributed by atoms with van der Waals surface area (Å²) >= 11 is 0. The van der Waals surface area contributed by atoms with Crippen molar-refractivity contribution in [3.63, 3.8) is 0 Å². The maximum absolute atomic E-state index is 10.4. The summed E-state index contributed by atoms with van der Waals surface area (Å²) in [6.07, 6.45) is 1.06. The van der Waals surface area contributed by atoms with Gasteiger partial charge < -0.3 is 16.2 Å². The van der Waals surface area contributed by atoms with E-state index < -0.39 is 0 Å². The fourth-order valence-corrected chi connectivity index (χ4v) is 0.786. The van der Waals surface area contributed by atoms with Crippen LogP contribution in [0.1, 0.15) is 33.6 Å². The maximum Gasteiger partial charge on any atom is 0.217 e. The van der Waals surface area contributed by atoms with Gasteiger partial charge in [0.25, 0.3) is 0 Å². The normalized spacial score (nSPS) is 14.2. The quantitative estimate of drug-likeness (QED) is 0.633. The lowest BCUT2D eigenvalue weighted by Gasteiger charge is -2.21. The zero-order chi connectivity index (χ0) is 10.5. The third-order valence-corrected chi connectivity index (χ3v) is 1.54. The van der Waals surface area contributed by atoms with Gasteiger partial charge in [-0.2, -0.15) is 0 Å². The first-order chi connectivity index (χ1) is 5.81. The van der Waals surface area contributed by atoms with Crippen LogP contribution >= 0.6 is 0 Å². The van der Waals surface area contributed by atoms with Gasteiger partial charge in [-0.25, -0.2) is 0 Å². The predicted octanol–water partition coefficient (Wildman–Crippen LogP) is 0.394. The Labute approximate surface area is 79.6 Å². The average molecular weight is 188 g/mol. The van der Waals surface area contributed by atoms with Gasteiger partial charge >= 0.3 is 0 Å². The minimum Gasteiger partial charge on any atom is -0.377 e. The number of hydrogen-bond donors (Lipinski definition) is 2. The van der Waals surface area contributed by atoms with Gasteiger partial charge in [-0.3, -0.25) is 4.79 Å². The second-order valence-electron chi connectivity index (χ2n) is 4.12. The summed E-state index contributed by atoms with van der Waals surface area (Å²) in [6, 6.07) is 0. The van der Waals surface area contributed by atoms with E-state index in [2.05, 4.69) is 0 Å². The third-order valence-electron chi connectivity index (χ3n) is 1.54. The van der Waals surface area contributed by atoms with Crippen molar-refractivity contribution < 1.29 is 9.53 Å². The molecule has 1 unspecified atom stereocenters. The summed E-state index contributed by atoms with van der Waals surface area (Å²) in [4.78, 5) is 10.4. The molecule has 0 saturated heterocycles. The summed E-state index contributed by atoms with van der Waals surface area (Å²) in [5.74, 6) is -0.289. The van der Waals surface area contributed by atoms with Gasteiger partial charge in [-0.05, 0) is 27.2 Å². The van der Waals surface area contributed by atoms with E-state index in [4.69, 9.17) is 16.2 Å². The summed E-state index contributed by atoms with van der Waals surface area (Å²) < 4.78 is 5.42. The fourth-order valence-electron chi connectivity index (χ4n) is 0.786. The van der Waals surface area contributed by atoms with Crippen molar-refractivity contribution >= 4 is 5.91 Å². The molecule has 0 radical (unpaired) electrons. The largest absolute Gasteiger partial charge is 0.377 e. The highest BCUT2D eigenvalue weighted by molar-refractivity contribution is 5.73. The molecule has 0 spiro atoms. The Hall–Kier alpha value is -0.610. The average Bonchev–Trinajstić information content (AvgIpc) is 1.95. The fraction of sp³-hybridized carbons (Fsp3) is 0.889. The van der Waals surface area contributed by atoms with Crippen molar-refractivity contribution in [3.05, 3.63) is 0 Å². The van der Waals surface area contributed by atoms with Gasteiger partial charge in [0, 0.05) is 12.0 Å². The second kappa shape index (κ2) is 5.19. The van der Waals surface area contributed by atoms with Crippen LogP contribution in [-0.4, -0.2) is 24.2 Å². The predicted molar refractivity (Wildman–Crippen MR) is 52.1 cm³/mol. The van der Waals surface area contributed by atoms with Crippen molar-refractivity contribution in [2.75, 3.05) is 6.61 Å². The van der Waals surface area contributed by atoms with E-state index in [1.54, 1.807) is 0 Å². The lowest BCUT2D eigenvalue weighted by Crippen LogP contribution is -2.38. The molecule has 4 N–H and O–H groups in total. The minimum absolute atomic E-state index is 0.0373. The molecule has 78 valence electrons. The summed E-state index contributed by atoms with van der Waals surface area (Å²) in [5, 5.41) is 0. The summed E-state index contributed by atoms with van der Waals surface area (Å²) in [7, 11) is 0. The van der Waals surface area contributed by atoms with Crippen LogP contribution in [0, 0.1) is 0 Å². The van der Waals surface area contributed by atoms with E-state index in [1.807, 2.05) is 20.8 Å². The van der Waals surface area contributed by atoms with Gasteiger partial charge in [0.15, 0.2) is 0 Å². The van der Waals surface area contributed by atoms with E-state index >= 15 is 0 Å². The molecule has 0 aromatic rings. The van der Waals surface area contributed by atoms with Crippen LogP contribution in [0.2, 0.25) is 0 Å². The van der Waals surface area contributed by atoms with Crippen molar-refractivity contribution in [1.29, 1.82) is 0 Å². The highest BCUT2D eigenvalue weighted by Crippen LogP contribution is 2.05. The molecule has 1 amide bonds. The smallest absolute Gasteiger partial charge is 0.217 e. The number of primary amides is 1. The minimum atomic E-state index is -0.318. The SMILES string of the molecule is CC(CCC(N)=O)OCC(C)(C)N. The van der Waals surface area contributed by atoms with E-state index in [9.17, 15) is 4.79 Å². The van der Waals surface area contributed by atoms with Crippen LogP contribution in [0.5, 0.6) is 0 Å². The molecule has 0 aromatic carbocycles. The zero-order valence-electron chi connectivity index (χ0n) is 8.67. The topological polar surface area (TPSA) is 78.3 Å². The molecule has 0 saturated carbocycles. The summed E-state index contributed by atoms with van der Waals surface area (Å²) in [6.45, 7) is 6.20. The van der Waals surface area contributed by atoms with Gasteiger partial charge in [-0.15, -0.1) is 0 Å². The number of nitrogens with two attached hydrogens (primary N) is 2. The number of carbonyl (C=O) groups excluding carboxylic acids is 1. The maximum atomic E-state index is 10.4. The first-order valence-electron chi connectivity index (χ1n) is 4.50. The second-order valence-corrected chi connectivity index (χ2v) is 4.12. The van der Waals surface area contributed by atoms with Crippen molar-refractivity contribution in [2.45, 2.75) is 45.3 Å². The molecule has 0 rings (SSSR count). The molecule has 0 aliphatic carbocycles. The van der Waals surface area contributed by atoms with Gasteiger partial charge in [0.05, 0.1) is 12.7 Å². The Morgan fingerprint density at radius 1 is 1.54 bits per heavy atom. The van der Waals surface area contributed by atoms with Gasteiger partial charge in [-0.1, -0.05) is 0 Å². The standard InChI is InChI=1S/C9H20N2O2/c1-7(4-5-8(10)12)13-6-9(2,3)11/h7H,4-6,11H2,1-3H3,(H2,10,12). The van der Waals surface area contributed by atoms with E-state index in [1.165, 1.54) is 0 Å². The lowest BCUT2D eigenvalue weighted by molar-refractivity contribution is -0.118. The summed E-state index contributed by atoms with van der Waals surface area (Å²) in [5.41, 5.74) is 10.4. The molecule has 0 bridgehead atoms. The van der Waals surface area contributed by atoms with Crippen LogP contribution < -0.4 is 11.5 Å². The molecule has 0 heterocycles. The van der Waals surface area contributed by atoms with Crippen LogP contribution in [0.15, 0.2) is 0 Å². The number of rotatable bonds is 6. The highest BCUT2D eigenvalue weighted by Gasteiger charge is 2.13. The van der Waals surface area contributed by atoms with Crippen molar-refractivity contribution in [3.8, 4) is 0 Å². The molecule has 4 nitrogen and oxygen atoms in total. The number of carbonyl (C=O) groups is 1. The van der Waals surface area contributed by atoms with Gasteiger partial charge in [0.1, 0.15) is 0 Å². The van der Waals surface area contributed by atoms with Crippen molar-refractivity contribution in [2.24, 2.45) is 11.5 Å². The molecular formula is C9H20N2O2.